The van der Waals surface area contributed by atoms with Crippen LogP contribution >= 0.6 is 0 Å². The predicted molar refractivity (Wildman–Crippen MR) is 89.1 cm³/mol. The second kappa shape index (κ2) is 7.23. The van der Waals surface area contributed by atoms with E-state index in [9.17, 15) is 4.79 Å². The Balaban J connectivity index is 1.73. The summed E-state index contributed by atoms with van der Waals surface area (Å²) in [4.78, 5) is 14.7. The summed E-state index contributed by atoms with van der Waals surface area (Å²) in [7, 11) is 0. The molecule has 3 heteroatoms. The number of hydrogen-bond donors (Lipinski definition) is 1. The monoisotopic (exact) mass is 294 g/mol. The van der Waals surface area contributed by atoms with E-state index in [0.717, 1.165) is 50.1 Å². The molecule has 0 bridgehead atoms. The summed E-state index contributed by atoms with van der Waals surface area (Å²) >= 11 is 0. The molecular formula is C19H22N2O. The maximum Gasteiger partial charge on any atom is 0.254 e. The molecule has 1 fully saturated rings. The van der Waals surface area contributed by atoms with E-state index < -0.39 is 0 Å². The Bertz CT molecular complexity index is 618. The minimum atomic E-state index is 0.171. The van der Waals surface area contributed by atoms with Crippen LogP contribution in [0.15, 0.2) is 54.6 Å². The summed E-state index contributed by atoms with van der Waals surface area (Å²) in [5.74, 6) is 0.171. The average molecular weight is 294 g/mol. The standard InChI is InChI=1S/C19H22N2O/c22-19(21-14-12-20-13-15-21)18-9-5-4-8-17(18)11-10-16-6-2-1-3-7-16/h1-9,20H,10-15H2. The molecule has 0 aromatic heterocycles. The van der Waals surface area contributed by atoms with Crippen molar-refractivity contribution in [1.29, 1.82) is 0 Å². The Labute approximate surface area is 132 Å². The molecule has 1 heterocycles. The van der Waals surface area contributed by atoms with E-state index in [1.807, 2.05) is 29.2 Å². The van der Waals surface area contributed by atoms with Crippen molar-refractivity contribution in [1.82, 2.24) is 10.2 Å². The van der Waals surface area contributed by atoms with E-state index in [-0.39, 0.29) is 5.91 Å². The number of carbonyl (C=O) groups is 1. The molecule has 22 heavy (non-hydrogen) atoms. The zero-order valence-electron chi connectivity index (χ0n) is 12.8. The van der Waals surface area contributed by atoms with Gasteiger partial charge in [0.1, 0.15) is 0 Å². The lowest BCUT2D eigenvalue weighted by atomic mass is 9.99. The van der Waals surface area contributed by atoms with Crippen molar-refractivity contribution in [3.05, 3.63) is 71.3 Å². The normalized spacial score (nSPS) is 14.8. The summed E-state index contributed by atoms with van der Waals surface area (Å²) < 4.78 is 0. The summed E-state index contributed by atoms with van der Waals surface area (Å²) in [6.45, 7) is 3.37. The molecule has 3 rings (SSSR count). The van der Waals surface area contributed by atoms with Crippen molar-refractivity contribution < 1.29 is 4.79 Å². The molecule has 114 valence electrons. The second-order valence-electron chi connectivity index (χ2n) is 5.68. The van der Waals surface area contributed by atoms with Crippen molar-refractivity contribution >= 4 is 5.91 Å². The second-order valence-corrected chi connectivity index (χ2v) is 5.68. The van der Waals surface area contributed by atoms with E-state index in [1.165, 1.54) is 5.56 Å². The SMILES string of the molecule is O=C(c1ccccc1CCc1ccccc1)N1CCNCC1. The molecule has 0 spiro atoms. The molecular weight excluding hydrogens is 272 g/mol. The zero-order chi connectivity index (χ0) is 15.2. The Hall–Kier alpha value is -2.13. The minimum absolute atomic E-state index is 0.171. The van der Waals surface area contributed by atoms with Crippen LogP contribution < -0.4 is 5.32 Å². The summed E-state index contributed by atoms with van der Waals surface area (Å²) in [5.41, 5.74) is 3.32. The van der Waals surface area contributed by atoms with Crippen molar-refractivity contribution in [2.24, 2.45) is 0 Å². The Morgan fingerprint density at radius 2 is 1.59 bits per heavy atom. The van der Waals surface area contributed by atoms with E-state index in [2.05, 4.69) is 35.6 Å². The fourth-order valence-electron chi connectivity index (χ4n) is 2.91. The van der Waals surface area contributed by atoms with E-state index in [4.69, 9.17) is 0 Å². The number of benzene rings is 2. The van der Waals surface area contributed by atoms with Gasteiger partial charge in [-0.2, -0.15) is 0 Å². The largest absolute Gasteiger partial charge is 0.336 e. The van der Waals surface area contributed by atoms with Gasteiger partial charge in [-0.15, -0.1) is 0 Å². The number of piperazine rings is 1. The molecule has 0 unspecified atom stereocenters. The van der Waals surface area contributed by atoms with Gasteiger partial charge in [0.25, 0.3) is 5.91 Å². The number of nitrogens with zero attached hydrogens (tertiary/aromatic N) is 1. The minimum Gasteiger partial charge on any atom is -0.336 e. The first kappa shape index (κ1) is 14.8. The maximum atomic E-state index is 12.7. The number of hydrogen-bond acceptors (Lipinski definition) is 2. The van der Waals surface area contributed by atoms with Gasteiger partial charge in [0.2, 0.25) is 0 Å². The fourth-order valence-corrected chi connectivity index (χ4v) is 2.91. The van der Waals surface area contributed by atoms with Crippen molar-refractivity contribution in [2.75, 3.05) is 26.2 Å². The number of nitrogens with one attached hydrogen (secondary N) is 1. The van der Waals surface area contributed by atoms with Crippen LogP contribution in [0.5, 0.6) is 0 Å². The van der Waals surface area contributed by atoms with Gasteiger partial charge < -0.3 is 10.2 Å². The number of rotatable bonds is 4. The Kier molecular flexibility index (Phi) is 4.86. The van der Waals surface area contributed by atoms with Gasteiger partial charge in [0, 0.05) is 31.7 Å². The molecule has 1 aliphatic heterocycles. The van der Waals surface area contributed by atoms with Crippen molar-refractivity contribution in [3.8, 4) is 0 Å². The third-order valence-electron chi connectivity index (χ3n) is 4.18. The molecule has 0 aliphatic carbocycles. The van der Waals surface area contributed by atoms with Gasteiger partial charge in [0.15, 0.2) is 0 Å². The quantitative estimate of drug-likeness (QED) is 0.940. The molecule has 0 radical (unpaired) electrons. The summed E-state index contributed by atoms with van der Waals surface area (Å²) in [5, 5.41) is 3.29. The third-order valence-corrected chi connectivity index (χ3v) is 4.18. The lowest BCUT2D eigenvalue weighted by Gasteiger charge is -2.28. The molecule has 1 N–H and O–H groups in total. The summed E-state index contributed by atoms with van der Waals surface area (Å²) in [6, 6.07) is 18.5. The van der Waals surface area contributed by atoms with Crippen molar-refractivity contribution in [3.63, 3.8) is 0 Å². The van der Waals surface area contributed by atoms with Gasteiger partial charge in [-0.1, -0.05) is 48.5 Å². The Morgan fingerprint density at radius 3 is 2.36 bits per heavy atom. The van der Waals surface area contributed by atoms with Gasteiger partial charge >= 0.3 is 0 Å². The highest BCUT2D eigenvalue weighted by Gasteiger charge is 2.19. The van der Waals surface area contributed by atoms with Gasteiger partial charge in [-0.3, -0.25) is 4.79 Å². The molecule has 0 saturated carbocycles. The van der Waals surface area contributed by atoms with Crippen molar-refractivity contribution in [2.45, 2.75) is 12.8 Å². The van der Waals surface area contributed by atoms with Crippen LogP contribution in [0.25, 0.3) is 0 Å². The van der Waals surface area contributed by atoms with E-state index in [1.54, 1.807) is 0 Å². The van der Waals surface area contributed by atoms with Crippen LogP contribution in [0.1, 0.15) is 21.5 Å². The number of amides is 1. The van der Waals surface area contributed by atoms with Crippen LogP contribution in [0.4, 0.5) is 0 Å². The third kappa shape index (κ3) is 3.55. The first-order valence-corrected chi connectivity index (χ1v) is 7.96. The number of carbonyl (C=O) groups excluding carboxylic acids is 1. The summed E-state index contributed by atoms with van der Waals surface area (Å²) in [6.07, 6.45) is 1.87. The van der Waals surface area contributed by atoms with Gasteiger partial charge in [0.05, 0.1) is 0 Å². The van der Waals surface area contributed by atoms with Gasteiger partial charge in [-0.25, -0.2) is 0 Å². The molecule has 0 atom stereocenters. The van der Waals surface area contributed by atoms with Crippen LogP contribution in [0, 0.1) is 0 Å². The highest BCUT2D eigenvalue weighted by Crippen LogP contribution is 2.15. The highest BCUT2D eigenvalue weighted by atomic mass is 16.2. The topological polar surface area (TPSA) is 32.3 Å². The molecule has 3 nitrogen and oxygen atoms in total. The molecule has 1 aliphatic rings. The van der Waals surface area contributed by atoms with Crippen LogP contribution in [-0.4, -0.2) is 37.0 Å². The highest BCUT2D eigenvalue weighted by molar-refractivity contribution is 5.95. The van der Waals surface area contributed by atoms with E-state index >= 15 is 0 Å². The Morgan fingerprint density at radius 1 is 0.909 bits per heavy atom. The van der Waals surface area contributed by atoms with Crippen LogP contribution in [-0.2, 0) is 12.8 Å². The maximum absolute atomic E-state index is 12.7. The lowest BCUT2D eigenvalue weighted by molar-refractivity contribution is 0.0734. The smallest absolute Gasteiger partial charge is 0.254 e. The predicted octanol–water partition coefficient (Wildman–Crippen LogP) is 2.52. The van der Waals surface area contributed by atoms with Crippen LogP contribution in [0.2, 0.25) is 0 Å². The fraction of sp³-hybridized carbons (Fsp3) is 0.316. The molecule has 2 aromatic carbocycles. The zero-order valence-corrected chi connectivity index (χ0v) is 12.8. The van der Waals surface area contributed by atoms with Crippen LogP contribution in [0.3, 0.4) is 0 Å². The average Bonchev–Trinajstić information content (AvgIpc) is 2.61. The molecule has 1 saturated heterocycles. The number of aryl methyl sites for hydroxylation is 2. The molecule has 2 aromatic rings. The van der Waals surface area contributed by atoms with Gasteiger partial charge in [-0.05, 0) is 30.0 Å². The van der Waals surface area contributed by atoms with E-state index in [0.29, 0.717) is 0 Å². The lowest BCUT2D eigenvalue weighted by Crippen LogP contribution is -2.46. The molecule has 1 amide bonds. The first-order valence-electron chi connectivity index (χ1n) is 7.96. The first-order chi connectivity index (χ1) is 10.8.